The molecule has 33 heavy (non-hydrogen) atoms. The van der Waals surface area contributed by atoms with Crippen molar-refractivity contribution in [2.24, 2.45) is 0 Å². The zero-order valence-corrected chi connectivity index (χ0v) is 19.5. The average Bonchev–Trinajstić information content (AvgIpc) is 3.64. The molecule has 2 fully saturated rings. The van der Waals surface area contributed by atoms with E-state index >= 15 is 0 Å². The largest absolute Gasteiger partial charge is 0.379 e. The first kappa shape index (κ1) is 23.4. The van der Waals surface area contributed by atoms with Crippen molar-refractivity contribution < 1.29 is 17.9 Å². The molecule has 1 aromatic heterocycles. The van der Waals surface area contributed by atoms with Crippen LogP contribution < -0.4 is 16.0 Å². The Balaban J connectivity index is 1.46. The second-order valence-corrected chi connectivity index (χ2v) is 10.1. The third kappa shape index (κ3) is 5.98. The summed E-state index contributed by atoms with van der Waals surface area (Å²) in [6.45, 7) is 4.33. The van der Waals surface area contributed by atoms with E-state index in [1.807, 2.05) is 0 Å². The summed E-state index contributed by atoms with van der Waals surface area (Å²) in [5.41, 5.74) is 0.830. The van der Waals surface area contributed by atoms with Crippen molar-refractivity contribution in [3.63, 3.8) is 0 Å². The second kappa shape index (κ2) is 10.4. The first-order valence-electron chi connectivity index (χ1n) is 11.3. The number of benzene rings is 1. The van der Waals surface area contributed by atoms with Crippen molar-refractivity contribution in [3.05, 3.63) is 36.0 Å². The fourth-order valence-electron chi connectivity index (χ4n) is 3.39. The number of carbonyl (C=O) groups excluding carboxylic acids is 1. The summed E-state index contributed by atoms with van der Waals surface area (Å²) in [4.78, 5) is 21.9. The number of morpholine rings is 1. The van der Waals surface area contributed by atoms with Crippen molar-refractivity contribution in [2.75, 3.05) is 48.8 Å². The topological polar surface area (TPSA) is 126 Å². The molecule has 1 aromatic carbocycles. The second-order valence-electron chi connectivity index (χ2n) is 8.15. The van der Waals surface area contributed by atoms with Gasteiger partial charge in [0, 0.05) is 37.6 Å². The van der Waals surface area contributed by atoms with E-state index in [4.69, 9.17) is 4.74 Å². The van der Waals surface area contributed by atoms with Gasteiger partial charge in [-0.2, -0.15) is 9.29 Å². The molecular formula is C22H30N6O4S. The third-order valence-corrected chi connectivity index (χ3v) is 7.40. The van der Waals surface area contributed by atoms with Gasteiger partial charge >= 0.3 is 0 Å². The summed E-state index contributed by atoms with van der Waals surface area (Å²) in [5.74, 6) is 0.624. The van der Waals surface area contributed by atoms with Crippen LogP contribution in [0.3, 0.4) is 0 Å². The highest BCUT2D eigenvalue weighted by atomic mass is 32.2. The summed E-state index contributed by atoms with van der Waals surface area (Å²) in [7, 11) is -3.58. The van der Waals surface area contributed by atoms with Gasteiger partial charge in [-0.15, -0.1) is 0 Å². The third-order valence-electron chi connectivity index (χ3n) is 5.49. The zero-order valence-electron chi connectivity index (χ0n) is 18.7. The number of nitrogens with zero attached hydrogens (tertiary/aromatic N) is 3. The number of sulfonamides is 1. The SMILES string of the molecule is CCCCNc1ncc(C(=O)Nc2ccc(S(=O)(=O)N3CCOCC3)cc2)c(NC2CC2)n1. The predicted octanol–water partition coefficient (Wildman–Crippen LogP) is 2.54. The molecule has 11 heteroatoms. The van der Waals surface area contributed by atoms with Gasteiger partial charge in [-0.3, -0.25) is 4.79 Å². The number of hydrogen-bond acceptors (Lipinski definition) is 8. The maximum atomic E-state index is 12.9. The lowest BCUT2D eigenvalue weighted by Crippen LogP contribution is -2.40. The Morgan fingerprint density at radius 3 is 2.58 bits per heavy atom. The maximum Gasteiger partial charge on any atom is 0.260 e. The zero-order chi connectivity index (χ0) is 23.3. The Kier molecular flexibility index (Phi) is 7.41. The van der Waals surface area contributed by atoms with Gasteiger partial charge in [0.15, 0.2) is 0 Å². The number of anilines is 3. The van der Waals surface area contributed by atoms with Gasteiger partial charge in [-0.05, 0) is 43.5 Å². The molecule has 1 saturated heterocycles. The number of amides is 1. The monoisotopic (exact) mass is 474 g/mol. The van der Waals surface area contributed by atoms with E-state index in [2.05, 4.69) is 32.8 Å². The first-order valence-corrected chi connectivity index (χ1v) is 12.8. The highest BCUT2D eigenvalue weighted by Crippen LogP contribution is 2.27. The van der Waals surface area contributed by atoms with E-state index in [9.17, 15) is 13.2 Å². The van der Waals surface area contributed by atoms with Crippen LogP contribution in [0.2, 0.25) is 0 Å². The minimum absolute atomic E-state index is 0.185. The summed E-state index contributed by atoms with van der Waals surface area (Å²) in [6.07, 6.45) is 5.67. The van der Waals surface area contributed by atoms with Crippen LogP contribution in [0.25, 0.3) is 0 Å². The Hall–Kier alpha value is -2.76. The van der Waals surface area contributed by atoms with Crippen LogP contribution in [0.15, 0.2) is 35.4 Å². The van der Waals surface area contributed by atoms with Crippen LogP contribution in [0.5, 0.6) is 0 Å². The number of unbranched alkanes of at least 4 members (excludes halogenated alkanes) is 1. The summed E-state index contributed by atoms with van der Waals surface area (Å²) in [6, 6.07) is 6.49. The quantitative estimate of drug-likeness (QED) is 0.449. The van der Waals surface area contributed by atoms with Gasteiger partial charge in [-0.1, -0.05) is 13.3 Å². The van der Waals surface area contributed by atoms with Crippen molar-refractivity contribution in [3.8, 4) is 0 Å². The van der Waals surface area contributed by atoms with E-state index < -0.39 is 10.0 Å². The van der Waals surface area contributed by atoms with Crippen LogP contribution in [-0.2, 0) is 14.8 Å². The fourth-order valence-corrected chi connectivity index (χ4v) is 4.79. The van der Waals surface area contributed by atoms with Gasteiger partial charge < -0.3 is 20.7 Å². The van der Waals surface area contributed by atoms with Gasteiger partial charge in [0.1, 0.15) is 11.4 Å². The lowest BCUT2D eigenvalue weighted by atomic mass is 10.2. The molecule has 1 amide bonds. The molecular weight excluding hydrogens is 444 g/mol. The van der Waals surface area contributed by atoms with E-state index in [-0.39, 0.29) is 10.8 Å². The van der Waals surface area contributed by atoms with Gasteiger partial charge in [0.2, 0.25) is 16.0 Å². The van der Waals surface area contributed by atoms with Crippen molar-refractivity contribution in [1.29, 1.82) is 0 Å². The van der Waals surface area contributed by atoms with E-state index in [0.29, 0.717) is 55.4 Å². The molecule has 2 heterocycles. The summed E-state index contributed by atoms with van der Waals surface area (Å²) in [5, 5.41) is 9.29. The lowest BCUT2D eigenvalue weighted by molar-refractivity contribution is 0.0730. The Labute approximate surface area is 194 Å². The molecule has 10 nitrogen and oxygen atoms in total. The van der Waals surface area contributed by atoms with Gasteiger partial charge in [0.25, 0.3) is 5.91 Å². The molecule has 1 aliphatic carbocycles. The van der Waals surface area contributed by atoms with Crippen LogP contribution in [0, 0.1) is 0 Å². The molecule has 0 spiro atoms. The highest BCUT2D eigenvalue weighted by Gasteiger charge is 2.27. The molecule has 0 radical (unpaired) electrons. The number of ether oxygens (including phenoxy) is 1. The van der Waals surface area contributed by atoms with Crippen LogP contribution in [0.1, 0.15) is 43.0 Å². The fraction of sp³-hybridized carbons (Fsp3) is 0.500. The number of aromatic nitrogens is 2. The normalized spacial score (nSPS) is 16.9. The predicted molar refractivity (Wildman–Crippen MR) is 126 cm³/mol. The first-order chi connectivity index (χ1) is 16.0. The molecule has 2 aliphatic rings. The Bertz CT molecular complexity index is 1070. The number of hydrogen-bond donors (Lipinski definition) is 3. The average molecular weight is 475 g/mol. The smallest absolute Gasteiger partial charge is 0.260 e. The molecule has 0 unspecified atom stereocenters. The van der Waals surface area contributed by atoms with Crippen molar-refractivity contribution in [1.82, 2.24) is 14.3 Å². The maximum absolute atomic E-state index is 12.9. The minimum Gasteiger partial charge on any atom is -0.379 e. The molecule has 2 aromatic rings. The van der Waals surface area contributed by atoms with Gasteiger partial charge in [-0.25, -0.2) is 13.4 Å². The Morgan fingerprint density at radius 1 is 1.18 bits per heavy atom. The lowest BCUT2D eigenvalue weighted by Gasteiger charge is -2.26. The van der Waals surface area contributed by atoms with Crippen molar-refractivity contribution >= 4 is 33.4 Å². The number of carbonyl (C=O) groups is 1. The standard InChI is InChI=1S/C22H30N6O4S/c1-2-3-10-23-22-24-15-19(20(27-22)25-16-4-5-16)21(29)26-17-6-8-18(9-7-17)33(30,31)28-11-13-32-14-12-28/h6-9,15-16H,2-5,10-14H2,1H3,(H,26,29)(H2,23,24,25,27). The van der Waals surface area contributed by atoms with E-state index in [0.717, 1.165) is 32.2 Å². The molecule has 0 bridgehead atoms. The molecule has 3 N–H and O–H groups in total. The molecule has 4 rings (SSSR count). The minimum atomic E-state index is -3.58. The van der Waals surface area contributed by atoms with Crippen LogP contribution in [0.4, 0.5) is 17.5 Å². The molecule has 1 saturated carbocycles. The molecule has 0 atom stereocenters. The summed E-state index contributed by atoms with van der Waals surface area (Å²) >= 11 is 0. The van der Waals surface area contributed by atoms with Gasteiger partial charge in [0.05, 0.1) is 18.1 Å². The Morgan fingerprint density at radius 2 is 1.91 bits per heavy atom. The van der Waals surface area contributed by atoms with E-state index in [1.165, 1.54) is 22.6 Å². The van der Waals surface area contributed by atoms with Crippen LogP contribution in [-0.4, -0.2) is 67.5 Å². The van der Waals surface area contributed by atoms with E-state index in [1.54, 1.807) is 12.1 Å². The number of nitrogens with one attached hydrogen (secondary N) is 3. The molecule has 178 valence electrons. The highest BCUT2D eigenvalue weighted by molar-refractivity contribution is 7.89. The number of rotatable bonds is 10. The summed E-state index contributed by atoms with van der Waals surface area (Å²) < 4.78 is 32.2. The van der Waals surface area contributed by atoms with Crippen LogP contribution >= 0.6 is 0 Å². The molecule has 1 aliphatic heterocycles. The van der Waals surface area contributed by atoms with Crippen molar-refractivity contribution in [2.45, 2.75) is 43.5 Å².